The monoisotopic (exact) mass is 301 g/mol. The minimum Gasteiger partial charge on any atom is -0.314 e. The summed E-state index contributed by atoms with van der Waals surface area (Å²) in [5.74, 6) is -1.25. The van der Waals surface area contributed by atoms with Crippen molar-refractivity contribution in [2.24, 2.45) is 0 Å². The molecule has 0 aliphatic rings. The minimum atomic E-state index is -0.643. The quantitative estimate of drug-likeness (QED) is 0.944. The summed E-state index contributed by atoms with van der Waals surface area (Å²) in [6.07, 6.45) is 1.64. The van der Waals surface area contributed by atoms with Crippen LogP contribution in [0.2, 0.25) is 0 Å². The summed E-state index contributed by atoms with van der Waals surface area (Å²) < 4.78 is 28.5. The summed E-state index contributed by atoms with van der Waals surface area (Å²) in [6.45, 7) is 0.566. The van der Waals surface area contributed by atoms with E-state index in [0.29, 0.717) is 6.54 Å². The first-order valence-electron chi connectivity index (χ1n) is 4.96. The lowest BCUT2D eigenvalue weighted by molar-refractivity contribution is 0.573. The van der Waals surface area contributed by atoms with Crippen molar-refractivity contribution in [1.82, 2.24) is 15.1 Å². The second kappa shape index (κ2) is 4.93. The third-order valence-corrected chi connectivity index (χ3v) is 2.90. The number of halogens is 3. The maximum absolute atomic E-state index is 13.5. The van der Waals surface area contributed by atoms with Crippen LogP contribution in [-0.4, -0.2) is 16.8 Å². The highest BCUT2D eigenvalue weighted by atomic mass is 79.9. The lowest BCUT2D eigenvalue weighted by atomic mass is 10.3. The van der Waals surface area contributed by atoms with Gasteiger partial charge >= 0.3 is 0 Å². The molecule has 3 nitrogen and oxygen atoms in total. The Morgan fingerprint density at radius 1 is 1.41 bits per heavy atom. The zero-order chi connectivity index (χ0) is 12.4. The molecule has 0 amide bonds. The Hall–Kier alpha value is -1.27. The van der Waals surface area contributed by atoms with E-state index >= 15 is 0 Å². The van der Waals surface area contributed by atoms with Crippen molar-refractivity contribution in [3.05, 3.63) is 46.2 Å². The Labute approximate surface area is 106 Å². The van der Waals surface area contributed by atoms with E-state index in [9.17, 15) is 8.78 Å². The van der Waals surface area contributed by atoms with Gasteiger partial charge in [-0.3, -0.25) is 0 Å². The van der Waals surface area contributed by atoms with Gasteiger partial charge in [0.25, 0.3) is 0 Å². The number of hydrogen-bond donors (Lipinski definition) is 1. The van der Waals surface area contributed by atoms with Crippen LogP contribution in [0.4, 0.5) is 8.78 Å². The average molecular weight is 302 g/mol. The molecule has 6 heteroatoms. The molecule has 2 rings (SSSR count). The van der Waals surface area contributed by atoms with E-state index in [1.807, 2.05) is 0 Å². The van der Waals surface area contributed by atoms with Crippen LogP contribution in [0.1, 0.15) is 5.69 Å². The number of nitrogens with one attached hydrogen (secondary N) is 1. The third kappa shape index (κ3) is 2.53. The van der Waals surface area contributed by atoms with Crippen molar-refractivity contribution in [3.63, 3.8) is 0 Å². The van der Waals surface area contributed by atoms with Gasteiger partial charge in [-0.1, -0.05) is 0 Å². The molecule has 0 radical (unpaired) electrons. The van der Waals surface area contributed by atoms with E-state index in [4.69, 9.17) is 0 Å². The van der Waals surface area contributed by atoms with Gasteiger partial charge < -0.3 is 5.32 Å². The molecular weight excluding hydrogens is 292 g/mol. The normalized spacial score (nSPS) is 10.8. The molecule has 0 saturated carbocycles. The maximum atomic E-state index is 13.5. The van der Waals surface area contributed by atoms with Gasteiger partial charge in [-0.25, -0.2) is 13.5 Å². The molecule has 0 spiro atoms. The van der Waals surface area contributed by atoms with Crippen LogP contribution in [0.15, 0.2) is 28.9 Å². The highest BCUT2D eigenvalue weighted by Gasteiger charge is 2.10. The minimum absolute atomic E-state index is 0.217. The average Bonchev–Trinajstić information content (AvgIpc) is 2.60. The highest BCUT2D eigenvalue weighted by molar-refractivity contribution is 9.10. The summed E-state index contributed by atoms with van der Waals surface area (Å²) in [7, 11) is 1.80. The van der Waals surface area contributed by atoms with E-state index in [-0.39, 0.29) is 5.69 Å². The molecule has 0 atom stereocenters. The van der Waals surface area contributed by atoms with E-state index in [1.54, 1.807) is 13.2 Å². The third-order valence-electron chi connectivity index (χ3n) is 2.24. The fourth-order valence-electron chi connectivity index (χ4n) is 1.47. The standard InChI is InChI=1S/C11H10BrF2N3/c1-15-5-10-8(12)6-17(16-10)11-3-2-7(13)4-9(11)14/h2-4,6,15H,5H2,1H3. The molecule has 0 bridgehead atoms. The van der Waals surface area contributed by atoms with Crippen molar-refractivity contribution in [3.8, 4) is 5.69 Å². The fourth-order valence-corrected chi connectivity index (χ4v) is 1.88. The van der Waals surface area contributed by atoms with Crippen LogP contribution in [0.25, 0.3) is 5.69 Å². The molecule has 0 aliphatic carbocycles. The second-order valence-electron chi connectivity index (χ2n) is 3.49. The van der Waals surface area contributed by atoms with Gasteiger partial charge in [-0.2, -0.15) is 5.10 Å². The molecule has 0 fully saturated rings. The highest BCUT2D eigenvalue weighted by Crippen LogP contribution is 2.20. The fraction of sp³-hybridized carbons (Fsp3) is 0.182. The van der Waals surface area contributed by atoms with Gasteiger partial charge in [0.05, 0.1) is 10.2 Å². The number of rotatable bonds is 3. The zero-order valence-electron chi connectivity index (χ0n) is 9.04. The van der Waals surface area contributed by atoms with Gasteiger partial charge in [0, 0.05) is 18.8 Å². The van der Waals surface area contributed by atoms with Gasteiger partial charge in [0.2, 0.25) is 0 Å². The summed E-state index contributed by atoms with van der Waals surface area (Å²) >= 11 is 3.33. The summed E-state index contributed by atoms with van der Waals surface area (Å²) in [5.41, 5.74) is 0.977. The maximum Gasteiger partial charge on any atom is 0.151 e. The summed E-state index contributed by atoms with van der Waals surface area (Å²) in [6, 6.07) is 3.39. The summed E-state index contributed by atoms with van der Waals surface area (Å²) in [4.78, 5) is 0. The largest absolute Gasteiger partial charge is 0.314 e. The van der Waals surface area contributed by atoms with Crippen LogP contribution in [0.5, 0.6) is 0 Å². The molecule has 1 heterocycles. The Morgan fingerprint density at radius 3 is 2.82 bits per heavy atom. The second-order valence-corrected chi connectivity index (χ2v) is 4.35. The Balaban J connectivity index is 2.42. The van der Waals surface area contributed by atoms with Gasteiger partial charge in [0.15, 0.2) is 5.82 Å². The van der Waals surface area contributed by atoms with Crippen molar-refractivity contribution < 1.29 is 8.78 Å². The molecule has 17 heavy (non-hydrogen) atoms. The molecule has 2 aromatic rings. The van der Waals surface area contributed by atoms with E-state index in [0.717, 1.165) is 16.2 Å². The molecule has 0 aliphatic heterocycles. The number of aromatic nitrogens is 2. The SMILES string of the molecule is CNCc1nn(-c2ccc(F)cc2F)cc1Br. The topological polar surface area (TPSA) is 29.9 Å². The predicted molar refractivity (Wildman–Crippen MR) is 63.9 cm³/mol. The van der Waals surface area contributed by atoms with Crippen LogP contribution < -0.4 is 5.32 Å². The Morgan fingerprint density at radius 2 is 2.18 bits per heavy atom. The predicted octanol–water partition coefficient (Wildman–Crippen LogP) is 2.63. The summed E-state index contributed by atoms with van der Waals surface area (Å²) in [5, 5.41) is 7.16. The van der Waals surface area contributed by atoms with Crippen LogP contribution in [-0.2, 0) is 6.54 Å². The molecule has 0 unspecified atom stereocenters. The number of benzene rings is 1. The van der Waals surface area contributed by atoms with E-state index < -0.39 is 11.6 Å². The molecule has 0 saturated heterocycles. The molecule has 1 aromatic carbocycles. The zero-order valence-corrected chi connectivity index (χ0v) is 10.6. The van der Waals surface area contributed by atoms with E-state index in [1.165, 1.54) is 16.8 Å². The molecule has 90 valence electrons. The van der Waals surface area contributed by atoms with Crippen LogP contribution in [0.3, 0.4) is 0 Å². The van der Waals surface area contributed by atoms with Crippen molar-refractivity contribution in [1.29, 1.82) is 0 Å². The Bertz CT molecular complexity index is 540. The Kier molecular flexibility index (Phi) is 3.54. The van der Waals surface area contributed by atoms with Gasteiger partial charge in [0.1, 0.15) is 11.5 Å². The van der Waals surface area contributed by atoms with Crippen molar-refractivity contribution >= 4 is 15.9 Å². The lowest BCUT2D eigenvalue weighted by Gasteiger charge is -2.02. The molecular formula is C11H10BrF2N3. The first-order valence-corrected chi connectivity index (χ1v) is 5.75. The van der Waals surface area contributed by atoms with Crippen LogP contribution in [0, 0.1) is 11.6 Å². The lowest BCUT2D eigenvalue weighted by Crippen LogP contribution is -2.07. The van der Waals surface area contributed by atoms with E-state index in [2.05, 4.69) is 26.3 Å². The first-order chi connectivity index (χ1) is 8.11. The van der Waals surface area contributed by atoms with Crippen LogP contribution >= 0.6 is 15.9 Å². The molecule has 1 N–H and O–H groups in total. The first kappa shape index (κ1) is 12.2. The number of nitrogens with zero attached hydrogens (tertiary/aromatic N) is 2. The van der Waals surface area contributed by atoms with Gasteiger partial charge in [-0.05, 0) is 35.1 Å². The molecule has 1 aromatic heterocycles. The van der Waals surface area contributed by atoms with Gasteiger partial charge in [-0.15, -0.1) is 0 Å². The van der Waals surface area contributed by atoms with Crippen molar-refractivity contribution in [2.75, 3.05) is 7.05 Å². The smallest absolute Gasteiger partial charge is 0.151 e. The van der Waals surface area contributed by atoms with Crippen molar-refractivity contribution in [2.45, 2.75) is 6.54 Å². The number of hydrogen-bond acceptors (Lipinski definition) is 2.